The van der Waals surface area contributed by atoms with Crippen molar-refractivity contribution in [1.29, 1.82) is 0 Å². The van der Waals surface area contributed by atoms with Gasteiger partial charge in [-0.3, -0.25) is 9.52 Å². The van der Waals surface area contributed by atoms with Crippen molar-refractivity contribution < 1.29 is 27.9 Å². The molecule has 9 heteroatoms. The molecule has 0 bridgehead atoms. The first-order valence-corrected chi connectivity index (χ1v) is 10.6. The van der Waals surface area contributed by atoms with E-state index in [1.165, 1.54) is 48.5 Å². The number of aliphatic hydroxyl groups excluding tert-OH is 1. The quantitative estimate of drug-likeness (QED) is 0.564. The van der Waals surface area contributed by atoms with Crippen LogP contribution in [0.4, 0.5) is 5.69 Å². The van der Waals surface area contributed by atoms with Crippen LogP contribution in [0.15, 0.2) is 53.4 Å². The Hall–Kier alpha value is -2.91. The summed E-state index contributed by atoms with van der Waals surface area (Å²) < 4.78 is 32.3. The third-order valence-corrected chi connectivity index (χ3v) is 5.72. The van der Waals surface area contributed by atoms with E-state index in [9.17, 15) is 23.1 Å². The summed E-state index contributed by atoms with van der Waals surface area (Å²) in [5.74, 6) is -1.01. The van der Waals surface area contributed by atoms with Gasteiger partial charge in [0.25, 0.3) is 15.9 Å². The fourth-order valence-corrected chi connectivity index (χ4v) is 3.58. The average molecular weight is 418 g/mol. The number of rotatable bonds is 8. The monoisotopic (exact) mass is 418 g/mol. The number of carbonyl (C=O) groups excluding carboxylic acids is 2. The number of hydrogen-bond donors (Lipinski definition) is 3. The number of hydrogen-bond acceptors (Lipinski definition) is 6. The SMILES string of the molecule is C[C@H](O)c1ccc(S(=O)(=O)Nc2ccc(C(=O)OCC(=O)NC3CC3)cc2)cc1. The summed E-state index contributed by atoms with van der Waals surface area (Å²) >= 11 is 0. The maximum absolute atomic E-state index is 12.5. The Morgan fingerprint density at radius 1 is 1.10 bits per heavy atom. The predicted molar refractivity (Wildman–Crippen MR) is 106 cm³/mol. The first kappa shape index (κ1) is 20.8. The van der Waals surface area contributed by atoms with Crippen LogP contribution in [0.5, 0.6) is 0 Å². The molecule has 1 aliphatic rings. The number of anilines is 1. The maximum Gasteiger partial charge on any atom is 0.338 e. The van der Waals surface area contributed by atoms with Gasteiger partial charge >= 0.3 is 5.97 Å². The minimum absolute atomic E-state index is 0.0482. The summed E-state index contributed by atoms with van der Waals surface area (Å²) in [5.41, 5.74) is 1.08. The third-order valence-electron chi connectivity index (χ3n) is 4.32. The van der Waals surface area contributed by atoms with Crippen LogP contribution in [0.2, 0.25) is 0 Å². The fraction of sp³-hybridized carbons (Fsp3) is 0.300. The van der Waals surface area contributed by atoms with Crippen molar-refractivity contribution in [3.8, 4) is 0 Å². The second kappa shape index (κ2) is 8.62. The molecule has 1 amide bonds. The summed E-state index contributed by atoms with van der Waals surface area (Å²) in [6.45, 7) is 1.24. The van der Waals surface area contributed by atoms with Gasteiger partial charge in [0.05, 0.1) is 16.6 Å². The smallest absolute Gasteiger partial charge is 0.338 e. The van der Waals surface area contributed by atoms with Crippen LogP contribution >= 0.6 is 0 Å². The molecule has 0 aromatic heterocycles. The van der Waals surface area contributed by atoms with Gasteiger partial charge in [-0.1, -0.05) is 12.1 Å². The van der Waals surface area contributed by atoms with Crippen molar-refractivity contribution >= 4 is 27.6 Å². The number of benzene rings is 2. The zero-order chi connectivity index (χ0) is 21.0. The molecule has 1 saturated carbocycles. The van der Waals surface area contributed by atoms with Crippen molar-refractivity contribution in [2.45, 2.75) is 36.8 Å². The van der Waals surface area contributed by atoms with Crippen molar-refractivity contribution in [3.63, 3.8) is 0 Å². The minimum atomic E-state index is -3.82. The van der Waals surface area contributed by atoms with Crippen LogP contribution in [0.1, 0.15) is 41.8 Å². The molecule has 3 N–H and O–H groups in total. The Balaban J connectivity index is 1.58. The molecule has 2 aromatic rings. The van der Waals surface area contributed by atoms with E-state index in [-0.39, 0.29) is 34.7 Å². The lowest BCUT2D eigenvalue weighted by Crippen LogP contribution is -2.30. The van der Waals surface area contributed by atoms with Crippen LogP contribution in [-0.4, -0.2) is 38.0 Å². The number of carbonyl (C=O) groups is 2. The lowest BCUT2D eigenvalue weighted by molar-refractivity contribution is -0.124. The molecule has 1 aliphatic carbocycles. The highest BCUT2D eigenvalue weighted by Crippen LogP contribution is 2.20. The molecular weight excluding hydrogens is 396 g/mol. The van der Waals surface area contributed by atoms with Gasteiger partial charge in [-0.05, 0) is 61.7 Å². The lowest BCUT2D eigenvalue weighted by atomic mass is 10.1. The number of aliphatic hydroxyl groups is 1. The van der Waals surface area contributed by atoms with Crippen LogP contribution < -0.4 is 10.0 Å². The van der Waals surface area contributed by atoms with Crippen LogP contribution in [0.3, 0.4) is 0 Å². The molecule has 3 rings (SSSR count). The van der Waals surface area contributed by atoms with E-state index in [0.29, 0.717) is 5.56 Å². The Morgan fingerprint density at radius 3 is 2.28 bits per heavy atom. The van der Waals surface area contributed by atoms with E-state index < -0.39 is 22.1 Å². The summed E-state index contributed by atoms with van der Waals surface area (Å²) in [6, 6.07) is 11.8. The zero-order valence-electron chi connectivity index (χ0n) is 15.8. The van der Waals surface area contributed by atoms with E-state index in [1.54, 1.807) is 6.92 Å². The standard InChI is InChI=1S/C20H22N2O6S/c1-13(23)14-4-10-18(11-5-14)29(26,27)22-17-6-2-15(3-7-17)20(25)28-12-19(24)21-16-8-9-16/h2-7,10-11,13,16,22-23H,8-9,12H2,1H3,(H,21,24)/t13-/m0/s1. The van der Waals surface area contributed by atoms with Crippen LogP contribution in [-0.2, 0) is 19.6 Å². The summed E-state index contributed by atoms with van der Waals surface area (Å²) in [5, 5.41) is 12.2. The van der Waals surface area contributed by atoms with Gasteiger partial charge in [0.1, 0.15) is 0 Å². The average Bonchev–Trinajstić information content (AvgIpc) is 3.50. The van der Waals surface area contributed by atoms with Gasteiger partial charge in [0.15, 0.2) is 6.61 Å². The van der Waals surface area contributed by atoms with Crippen molar-refractivity contribution in [3.05, 3.63) is 59.7 Å². The Labute approximate surface area is 168 Å². The molecule has 154 valence electrons. The molecule has 1 fully saturated rings. The Bertz CT molecular complexity index is 981. The van der Waals surface area contributed by atoms with E-state index in [1.807, 2.05) is 0 Å². The molecule has 0 saturated heterocycles. The molecule has 1 atom stereocenters. The predicted octanol–water partition coefficient (Wildman–Crippen LogP) is 1.98. The first-order valence-electron chi connectivity index (χ1n) is 9.12. The van der Waals surface area contributed by atoms with Crippen molar-refractivity contribution in [2.75, 3.05) is 11.3 Å². The number of amides is 1. The maximum atomic E-state index is 12.5. The summed E-state index contributed by atoms with van der Waals surface area (Å²) in [7, 11) is -3.82. The fourth-order valence-electron chi connectivity index (χ4n) is 2.53. The molecular formula is C20H22N2O6S. The molecule has 0 radical (unpaired) electrons. The van der Waals surface area contributed by atoms with Gasteiger partial charge in [-0.25, -0.2) is 13.2 Å². The number of nitrogens with one attached hydrogen (secondary N) is 2. The third kappa shape index (κ3) is 5.78. The van der Waals surface area contributed by atoms with Gasteiger partial charge in [0, 0.05) is 11.7 Å². The zero-order valence-corrected chi connectivity index (χ0v) is 16.6. The van der Waals surface area contributed by atoms with Gasteiger partial charge in [-0.15, -0.1) is 0 Å². The highest BCUT2D eigenvalue weighted by atomic mass is 32.2. The Kier molecular flexibility index (Phi) is 6.19. The van der Waals surface area contributed by atoms with E-state index in [2.05, 4.69) is 10.0 Å². The molecule has 0 unspecified atom stereocenters. The number of sulfonamides is 1. The second-order valence-electron chi connectivity index (χ2n) is 6.85. The molecule has 29 heavy (non-hydrogen) atoms. The van der Waals surface area contributed by atoms with Crippen molar-refractivity contribution in [1.82, 2.24) is 5.32 Å². The van der Waals surface area contributed by atoms with Gasteiger partial charge < -0.3 is 15.2 Å². The number of esters is 1. The van der Waals surface area contributed by atoms with Crippen LogP contribution in [0.25, 0.3) is 0 Å². The summed E-state index contributed by atoms with van der Waals surface area (Å²) in [4.78, 5) is 23.6. The molecule has 0 spiro atoms. The highest BCUT2D eigenvalue weighted by molar-refractivity contribution is 7.92. The molecule has 0 aliphatic heterocycles. The molecule has 8 nitrogen and oxygen atoms in total. The van der Waals surface area contributed by atoms with Gasteiger partial charge in [-0.2, -0.15) is 0 Å². The Morgan fingerprint density at radius 2 is 1.72 bits per heavy atom. The summed E-state index contributed by atoms with van der Waals surface area (Å²) in [6.07, 6.45) is 1.20. The topological polar surface area (TPSA) is 122 Å². The first-order chi connectivity index (χ1) is 13.7. The van der Waals surface area contributed by atoms with E-state index in [0.717, 1.165) is 12.8 Å². The highest BCUT2D eigenvalue weighted by Gasteiger charge is 2.23. The van der Waals surface area contributed by atoms with E-state index >= 15 is 0 Å². The van der Waals surface area contributed by atoms with Crippen molar-refractivity contribution in [2.24, 2.45) is 0 Å². The van der Waals surface area contributed by atoms with E-state index in [4.69, 9.17) is 4.74 Å². The number of ether oxygens (including phenoxy) is 1. The molecule has 0 heterocycles. The molecule has 2 aromatic carbocycles. The second-order valence-corrected chi connectivity index (χ2v) is 8.53. The van der Waals surface area contributed by atoms with Gasteiger partial charge in [0.2, 0.25) is 0 Å². The normalized spacial score (nSPS) is 14.7. The van der Waals surface area contributed by atoms with Crippen LogP contribution in [0, 0.1) is 0 Å². The largest absolute Gasteiger partial charge is 0.452 e. The lowest BCUT2D eigenvalue weighted by Gasteiger charge is -2.10. The minimum Gasteiger partial charge on any atom is -0.452 e.